The average molecular weight is 305 g/mol. The van der Waals surface area contributed by atoms with Gasteiger partial charge in [-0.05, 0) is 36.5 Å². The van der Waals surface area contributed by atoms with Crippen LogP contribution in [0.2, 0.25) is 0 Å². The number of hydrogen-bond donors (Lipinski definition) is 1. The van der Waals surface area contributed by atoms with Gasteiger partial charge in [0.25, 0.3) is 17.1 Å². The highest BCUT2D eigenvalue weighted by Crippen LogP contribution is 2.33. The normalized spacial score (nSPS) is 22.6. The first-order chi connectivity index (χ1) is 10.3. The van der Waals surface area contributed by atoms with Gasteiger partial charge in [-0.1, -0.05) is 31.4 Å². The number of ether oxygens (including phenoxy) is 1. The van der Waals surface area contributed by atoms with E-state index in [-0.39, 0.29) is 5.90 Å². The van der Waals surface area contributed by atoms with E-state index in [2.05, 4.69) is 26.2 Å². The zero-order valence-corrected chi connectivity index (χ0v) is 12.9. The fourth-order valence-corrected chi connectivity index (χ4v) is 3.50. The SMILES string of the molecule is COC1=NS(=O)N=C1Nc1ccc(C2CCCCC2)cc1. The minimum absolute atomic E-state index is 0.282. The highest BCUT2D eigenvalue weighted by Gasteiger charge is 2.20. The standard InChI is InChI=1S/C15H19N3O2S/c1-20-15-14(17-21(19)18-15)16-13-9-7-12(8-10-13)11-5-3-2-4-6-11/h7-11H,2-6H2,1H3,(H,16,17). The highest BCUT2D eigenvalue weighted by molar-refractivity contribution is 7.83. The summed E-state index contributed by atoms with van der Waals surface area (Å²) in [4.78, 5) is 0. The Hall–Kier alpha value is -1.69. The van der Waals surface area contributed by atoms with Gasteiger partial charge in [0, 0.05) is 5.69 Å². The van der Waals surface area contributed by atoms with Crippen LogP contribution in [0.15, 0.2) is 33.1 Å². The Labute approximate surface area is 127 Å². The van der Waals surface area contributed by atoms with Gasteiger partial charge in [-0.2, -0.15) is 0 Å². The Morgan fingerprint density at radius 2 is 1.86 bits per heavy atom. The third kappa shape index (κ3) is 3.32. The Bertz CT molecular complexity index is 589. The fourth-order valence-electron chi connectivity index (χ4n) is 2.87. The average Bonchev–Trinajstić information content (AvgIpc) is 2.88. The summed E-state index contributed by atoms with van der Waals surface area (Å²) in [6.45, 7) is 0. The molecule has 0 amide bonds. The molecule has 0 aromatic heterocycles. The summed E-state index contributed by atoms with van der Waals surface area (Å²) < 4.78 is 24.0. The number of amidine groups is 1. The van der Waals surface area contributed by atoms with Gasteiger partial charge in [-0.25, -0.2) is 4.21 Å². The molecule has 1 N–H and O–H groups in total. The van der Waals surface area contributed by atoms with Crippen molar-refractivity contribution >= 4 is 28.6 Å². The van der Waals surface area contributed by atoms with Crippen LogP contribution >= 0.6 is 0 Å². The van der Waals surface area contributed by atoms with Crippen LogP contribution < -0.4 is 5.32 Å². The number of hydrogen-bond acceptors (Lipinski definition) is 3. The maximum Gasteiger partial charge on any atom is 0.271 e. The molecular formula is C15H19N3O2S. The first-order valence-electron chi connectivity index (χ1n) is 7.27. The number of anilines is 1. The van der Waals surface area contributed by atoms with E-state index in [1.165, 1.54) is 44.8 Å². The van der Waals surface area contributed by atoms with E-state index in [0.29, 0.717) is 11.8 Å². The molecule has 21 heavy (non-hydrogen) atoms. The van der Waals surface area contributed by atoms with Crippen molar-refractivity contribution in [3.63, 3.8) is 0 Å². The quantitative estimate of drug-likeness (QED) is 0.912. The van der Waals surface area contributed by atoms with Gasteiger partial charge < -0.3 is 10.1 Å². The smallest absolute Gasteiger partial charge is 0.271 e. The van der Waals surface area contributed by atoms with Gasteiger partial charge in [0.15, 0.2) is 0 Å². The van der Waals surface area contributed by atoms with E-state index < -0.39 is 11.2 Å². The molecule has 1 saturated carbocycles. The number of nitrogens with one attached hydrogen (secondary N) is 1. The third-order valence-corrected chi connectivity index (χ3v) is 4.64. The number of methoxy groups -OCH3 is 1. The second-order valence-corrected chi connectivity index (χ2v) is 6.18. The van der Waals surface area contributed by atoms with Crippen molar-refractivity contribution in [2.75, 3.05) is 12.4 Å². The van der Waals surface area contributed by atoms with Crippen molar-refractivity contribution in [1.82, 2.24) is 0 Å². The van der Waals surface area contributed by atoms with Gasteiger partial charge in [-0.15, -0.1) is 8.80 Å². The molecule has 2 aliphatic rings. The monoisotopic (exact) mass is 305 g/mol. The Balaban J connectivity index is 1.69. The Kier molecular flexibility index (Phi) is 4.34. The summed E-state index contributed by atoms with van der Waals surface area (Å²) in [6, 6.07) is 8.38. The lowest BCUT2D eigenvalue weighted by atomic mass is 9.84. The molecule has 1 heterocycles. The Morgan fingerprint density at radius 3 is 2.52 bits per heavy atom. The molecular weight excluding hydrogens is 286 g/mol. The summed E-state index contributed by atoms with van der Waals surface area (Å²) in [7, 11) is 1.49. The molecule has 0 spiro atoms. The van der Waals surface area contributed by atoms with E-state index in [9.17, 15) is 4.21 Å². The molecule has 1 atom stereocenters. The second kappa shape index (κ2) is 6.39. The largest absolute Gasteiger partial charge is 0.478 e. The van der Waals surface area contributed by atoms with E-state index in [4.69, 9.17) is 4.74 Å². The molecule has 1 aliphatic carbocycles. The maximum atomic E-state index is 11.3. The van der Waals surface area contributed by atoms with Crippen LogP contribution in [0.25, 0.3) is 0 Å². The van der Waals surface area contributed by atoms with Crippen molar-refractivity contribution < 1.29 is 8.95 Å². The molecule has 1 fully saturated rings. The van der Waals surface area contributed by atoms with Gasteiger partial charge in [0.05, 0.1) is 7.11 Å². The van der Waals surface area contributed by atoms with Crippen LogP contribution in [0.4, 0.5) is 5.69 Å². The molecule has 6 heteroatoms. The number of benzene rings is 1. The molecule has 1 unspecified atom stereocenters. The Morgan fingerprint density at radius 1 is 1.14 bits per heavy atom. The highest BCUT2D eigenvalue weighted by atomic mass is 32.2. The maximum absolute atomic E-state index is 11.3. The van der Waals surface area contributed by atoms with Crippen LogP contribution in [0.3, 0.4) is 0 Å². The molecule has 112 valence electrons. The van der Waals surface area contributed by atoms with E-state index >= 15 is 0 Å². The van der Waals surface area contributed by atoms with Gasteiger partial charge in [0.2, 0.25) is 5.84 Å². The summed E-state index contributed by atoms with van der Waals surface area (Å²) in [5.74, 6) is 1.39. The van der Waals surface area contributed by atoms with Gasteiger partial charge in [0.1, 0.15) is 0 Å². The van der Waals surface area contributed by atoms with Crippen molar-refractivity contribution in [3.8, 4) is 0 Å². The van der Waals surface area contributed by atoms with Crippen molar-refractivity contribution in [1.29, 1.82) is 0 Å². The van der Waals surface area contributed by atoms with Gasteiger partial charge in [-0.3, -0.25) is 0 Å². The van der Waals surface area contributed by atoms with Crippen LogP contribution in [0, 0.1) is 0 Å². The molecule has 1 aromatic carbocycles. The lowest BCUT2D eigenvalue weighted by Crippen LogP contribution is -2.21. The van der Waals surface area contributed by atoms with E-state index in [1.54, 1.807) is 0 Å². The topological polar surface area (TPSA) is 63.0 Å². The first kappa shape index (κ1) is 14.3. The predicted octanol–water partition coefficient (Wildman–Crippen LogP) is 3.18. The minimum atomic E-state index is -1.58. The second-order valence-electron chi connectivity index (χ2n) is 5.35. The molecule has 1 aromatic rings. The summed E-state index contributed by atoms with van der Waals surface area (Å²) in [6.07, 6.45) is 6.62. The summed E-state index contributed by atoms with van der Waals surface area (Å²) in [5, 5.41) is 3.10. The zero-order valence-electron chi connectivity index (χ0n) is 12.0. The first-order valence-corrected chi connectivity index (χ1v) is 8.33. The van der Waals surface area contributed by atoms with Crippen molar-refractivity contribution in [3.05, 3.63) is 29.8 Å². The van der Waals surface area contributed by atoms with Crippen LogP contribution in [-0.4, -0.2) is 23.1 Å². The number of nitrogens with zero attached hydrogens (tertiary/aromatic N) is 2. The molecule has 0 saturated heterocycles. The fraction of sp³-hybridized carbons (Fsp3) is 0.467. The van der Waals surface area contributed by atoms with Crippen molar-refractivity contribution in [2.45, 2.75) is 38.0 Å². The van der Waals surface area contributed by atoms with Crippen molar-refractivity contribution in [2.24, 2.45) is 8.80 Å². The van der Waals surface area contributed by atoms with Crippen LogP contribution in [-0.2, 0) is 15.9 Å². The van der Waals surface area contributed by atoms with E-state index in [0.717, 1.165) is 5.69 Å². The molecule has 5 nitrogen and oxygen atoms in total. The minimum Gasteiger partial charge on any atom is -0.478 e. The molecule has 1 aliphatic heterocycles. The number of rotatable bonds is 2. The molecule has 0 radical (unpaired) electrons. The van der Waals surface area contributed by atoms with Crippen LogP contribution in [0.1, 0.15) is 43.6 Å². The molecule has 3 rings (SSSR count). The van der Waals surface area contributed by atoms with Gasteiger partial charge >= 0.3 is 0 Å². The zero-order chi connectivity index (χ0) is 14.7. The van der Waals surface area contributed by atoms with Crippen LogP contribution in [0.5, 0.6) is 0 Å². The summed E-state index contributed by atoms with van der Waals surface area (Å²) in [5.41, 5.74) is 2.30. The lowest BCUT2D eigenvalue weighted by molar-refractivity contribution is 0.413. The molecule has 0 bridgehead atoms. The van der Waals surface area contributed by atoms with E-state index in [1.807, 2.05) is 12.1 Å². The predicted molar refractivity (Wildman–Crippen MR) is 85.9 cm³/mol. The third-order valence-electron chi connectivity index (χ3n) is 3.98. The summed E-state index contributed by atoms with van der Waals surface area (Å²) >= 11 is -1.58. The lowest BCUT2D eigenvalue weighted by Gasteiger charge is -2.22.